The Labute approximate surface area is 129 Å². The van der Waals surface area contributed by atoms with Gasteiger partial charge in [-0.2, -0.15) is 0 Å². The Bertz CT molecular complexity index is 779. The minimum absolute atomic E-state index is 0.200. The Kier molecular flexibility index (Phi) is 4.56. The number of sulfonamides is 1. The second-order valence-corrected chi connectivity index (χ2v) is 6.58. The summed E-state index contributed by atoms with van der Waals surface area (Å²) < 4.78 is 30.7. The van der Waals surface area contributed by atoms with Crippen LogP contribution in [0, 0.1) is 6.92 Å². The third-order valence-electron chi connectivity index (χ3n) is 3.02. The van der Waals surface area contributed by atoms with Crippen LogP contribution in [0.4, 0.5) is 5.69 Å². The first-order chi connectivity index (χ1) is 10.3. The van der Waals surface area contributed by atoms with Crippen LogP contribution < -0.4 is 4.72 Å². The molecule has 0 saturated heterocycles. The number of carbonyl (C=O) groups excluding carboxylic acids is 1. The quantitative estimate of drug-likeness (QED) is 0.828. The summed E-state index contributed by atoms with van der Waals surface area (Å²) in [5, 5.41) is 0. The summed E-state index contributed by atoms with van der Waals surface area (Å²) in [6.45, 7) is 3.61. The van der Waals surface area contributed by atoms with E-state index in [-0.39, 0.29) is 17.9 Å². The number of aromatic nitrogens is 1. The molecule has 1 heterocycles. The van der Waals surface area contributed by atoms with E-state index in [9.17, 15) is 13.2 Å². The Morgan fingerprint density at radius 1 is 1.27 bits per heavy atom. The predicted octanol–water partition coefficient (Wildman–Crippen LogP) is 2.54. The zero-order valence-electron chi connectivity index (χ0n) is 12.6. The molecule has 0 unspecified atom stereocenters. The first-order valence-electron chi connectivity index (χ1n) is 6.76. The lowest BCUT2D eigenvalue weighted by Crippen LogP contribution is -2.14. The monoisotopic (exact) mass is 322 g/mol. The number of carbonyl (C=O) groups is 1. The van der Waals surface area contributed by atoms with Crippen LogP contribution in [0.1, 0.15) is 23.0 Å². The average molecular weight is 322 g/mol. The van der Waals surface area contributed by atoms with Gasteiger partial charge in [0.25, 0.3) is 0 Å². The number of hydrogen-bond acceptors (Lipinski definition) is 4. The normalized spacial score (nSPS) is 11.2. The molecule has 0 radical (unpaired) electrons. The van der Waals surface area contributed by atoms with Crippen molar-refractivity contribution in [1.82, 2.24) is 4.98 Å². The summed E-state index contributed by atoms with van der Waals surface area (Å²) in [5.41, 5.74) is 2.26. The van der Waals surface area contributed by atoms with Crippen molar-refractivity contribution in [3.05, 3.63) is 41.6 Å². The van der Waals surface area contributed by atoms with Gasteiger partial charge in [0.1, 0.15) is 5.56 Å². The van der Waals surface area contributed by atoms with Crippen LogP contribution in [0.15, 0.2) is 30.3 Å². The maximum absolute atomic E-state index is 12.1. The third kappa shape index (κ3) is 3.48. The van der Waals surface area contributed by atoms with Crippen LogP contribution in [-0.4, -0.2) is 32.2 Å². The van der Waals surface area contributed by atoms with E-state index in [2.05, 4.69) is 9.71 Å². The Morgan fingerprint density at radius 2 is 1.91 bits per heavy atom. The maximum Gasteiger partial charge on any atom is 0.342 e. The zero-order chi connectivity index (χ0) is 16.3. The van der Waals surface area contributed by atoms with Gasteiger partial charge in [-0.25, -0.2) is 13.2 Å². The van der Waals surface area contributed by atoms with Gasteiger partial charge < -0.3 is 9.72 Å². The van der Waals surface area contributed by atoms with E-state index >= 15 is 0 Å². The van der Waals surface area contributed by atoms with Crippen LogP contribution in [0.5, 0.6) is 0 Å². The molecular formula is C15H18N2O4S. The molecule has 0 fully saturated rings. The van der Waals surface area contributed by atoms with Gasteiger partial charge in [0, 0.05) is 11.3 Å². The molecule has 2 rings (SSSR count). The van der Waals surface area contributed by atoms with E-state index in [0.29, 0.717) is 11.4 Å². The van der Waals surface area contributed by atoms with Crippen LogP contribution >= 0.6 is 0 Å². The second-order valence-electron chi connectivity index (χ2n) is 4.84. The highest BCUT2D eigenvalue weighted by Gasteiger charge is 2.24. The smallest absolute Gasteiger partial charge is 0.342 e. The number of rotatable bonds is 5. The molecule has 118 valence electrons. The number of esters is 1. The van der Waals surface area contributed by atoms with Gasteiger partial charge in [-0.1, -0.05) is 30.3 Å². The lowest BCUT2D eigenvalue weighted by Gasteiger charge is -2.09. The molecule has 0 amide bonds. The van der Waals surface area contributed by atoms with E-state index in [4.69, 9.17) is 4.74 Å². The Hall–Kier alpha value is -2.28. The predicted molar refractivity (Wildman–Crippen MR) is 85.4 cm³/mol. The number of anilines is 1. The molecule has 0 aliphatic heterocycles. The average Bonchev–Trinajstić information content (AvgIpc) is 2.74. The summed E-state index contributed by atoms with van der Waals surface area (Å²) in [6, 6.07) is 9.18. The van der Waals surface area contributed by atoms with E-state index in [0.717, 1.165) is 11.8 Å². The van der Waals surface area contributed by atoms with E-state index < -0.39 is 16.0 Å². The lowest BCUT2D eigenvalue weighted by molar-refractivity contribution is 0.0527. The zero-order valence-corrected chi connectivity index (χ0v) is 13.5. The molecule has 22 heavy (non-hydrogen) atoms. The van der Waals surface area contributed by atoms with Crippen molar-refractivity contribution in [3.8, 4) is 11.3 Å². The standard InChI is InChI=1S/C15H18N2O4S/c1-4-21-15(18)12-10(2)16-13(11-8-6-5-7-9-11)14(12)17-22(3,19)20/h5-9,16-17H,4H2,1-3H3. The third-order valence-corrected chi connectivity index (χ3v) is 3.59. The molecule has 7 heteroatoms. The SMILES string of the molecule is CCOC(=O)c1c(C)[nH]c(-c2ccccc2)c1NS(C)(=O)=O. The highest BCUT2D eigenvalue weighted by Crippen LogP contribution is 2.34. The number of benzene rings is 1. The van der Waals surface area contributed by atoms with E-state index in [1.807, 2.05) is 30.3 Å². The summed E-state index contributed by atoms with van der Waals surface area (Å²) in [7, 11) is -3.54. The number of ether oxygens (including phenoxy) is 1. The topological polar surface area (TPSA) is 88.3 Å². The highest BCUT2D eigenvalue weighted by molar-refractivity contribution is 7.92. The van der Waals surface area contributed by atoms with Crippen molar-refractivity contribution in [2.24, 2.45) is 0 Å². The summed E-state index contributed by atoms with van der Waals surface area (Å²) in [4.78, 5) is 15.2. The number of H-pyrrole nitrogens is 1. The van der Waals surface area contributed by atoms with Gasteiger partial charge in [-0.15, -0.1) is 0 Å². The molecule has 2 N–H and O–H groups in total. The van der Waals surface area contributed by atoms with Crippen molar-refractivity contribution in [1.29, 1.82) is 0 Å². The van der Waals surface area contributed by atoms with Gasteiger partial charge >= 0.3 is 5.97 Å². The molecule has 6 nitrogen and oxygen atoms in total. The first-order valence-corrected chi connectivity index (χ1v) is 8.65. The van der Waals surface area contributed by atoms with Crippen molar-refractivity contribution in [2.75, 3.05) is 17.6 Å². The molecule has 0 aliphatic rings. The van der Waals surface area contributed by atoms with Crippen LogP contribution in [0.2, 0.25) is 0 Å². The molecular weight excluding hydrogens is 304 g/mol. The molecule has 0 spiro atoms. The summed E-state index contributed by atoms with van der Waals surface area (Å²) >= 11 is 0. The van der Waals surface area contributed by atoms with Gasteiger partial charge in [0.15, 0.2) is 0 Å². The molecule has 0 bridgehead atoms. The maximum atomic E-state index is 12.1. The molecule has 0 atom stereocenters. The van der Waals surface area contributed by atoms with Crippen molar-refractivity contribution in [3.63, 3.8) is 0 Å². The molecule has 2 aromatic rings. The van der Waals surface area contributed by atoms with E-state index in [1.165, 1.54) is 0 Å². The fourth-order valence-corrected chi connectivity index (χ4v) is 2.77. The fraction of sp³-hybridized carbons (Fsp3) is 0.267. The van der Waals surface area contributed by atoms with Crippen molar-refractivity contribution >= 4 is 21.7 Å². The van der Waals surface area contributed by atoms with Crippen LogP contribution in [0.25, 0.3) is 11.3 Å². The number of aromatic amines is 1. The lowest BCUT2D eigenvalue weighted by atomic mass is 10.1. The fourth-order valence-electron chi connectivity index (χ4n) is 2.19. The second kappa shape index (κ2) is 6.23. The largest absolute Gasteiger partial charge is 0.462 e. The Balaban J connectivity index is 2.64. The van der Waals surface area contributed by atoms with Gasteiger partial charge in [0.2, 0.25) is 10.0 Å². The van der Waals surface area contributed by atoms with E-state index in [1.54, 1.807) is 13.8 Å². The number of nitrogens with one attached hydrogen (secondary N) is 2. The van der Waals surface area contributed by atoms with Crippen LogP contribution in [0.3, 0.4) is 0 Å². The van der Waals surface area contributed by atoms with Crippen molar-refractivity contribution in [2.45, 2.75) is 13.8 Å². The van der Waals surface area contributed by atoms with Gasteiger partial charge in [0.05, 0.1) is 24.2 Å². The summed E-state index contributed by atoms with van der Waals surface area (Å²) in [6.07, 6.45) is 1.04. The van der Waals surface area contributed by atoms with Gasteiger partial charge in [-0.05, 0) is 13.8 Å². The Morgan fingerprint density at radius 3 is 2.45 bits per heavy atom. The molecule has 1 aromatic carbocycles. The molecule has 0 saturated carbocycles. The minimum Gasteiger partial charge on any atom is -0.462 e. The summed E-state index contributed by atoms with van der Waals surface area (Å²) in [5.74, 6) is -0.565. The van der Waals surface area contributed by atoms with Gasteiger partial charge in [-0.3, -0.25) is 4.72 Å². The van der Waals surface area contributed by atoms with Crippen molar-refractivity contribution < 1.29 is 17.9 Å². The minimum atomic E-state index is -3.54. The highest BCUT2D eigenvalue weighted by atomic mass is 32.2. The molecule has 0 aliphatic carbocycles. The van der Waals surface area contributed by atoms with Crippen LogP contribution in [-0.2, 0) is 14.8 Å². The number of hydrogen-bond donors (Lipinski definition) is 2. The molecule has 1 aromatic heterocycles. The number of aryl methyl sites for hydroxylation is 1. The first kappa shape index (κ1) is 16.1.